The maximum absolute atomic E-state index is 13.5. The van der Waals surface area contributed by atoms with Crippen molar-refractivity contribution in [1.82, 2.24) is 19.7 Å². The lowest BCUT2D eigenvalue weighted by Crippen LogP contribution is -2.38. The van der Waals surface area contributed by atoms with Crippen LogP contribution in [0.25, 0.3) is 11.5 Å². The molecule has 39 heavy (non-hydrogen) atoms. The second-order valence-electron chi connectivity index (χ2n) is 9.63. The zero-order valence-electron chi connectivity index (χ0n) is 20.5. The number of pyridine rings is 1. The van der Waals surface area contributed by atoms with Crippen LogP contribution in [0, 0.1) is 5.41 Å². The van der Waals surface area contributed by atoms with E-state index >= 15 is 0 Å². The van der Waals surface area contributed by atoms with Gasteiger partial charge in [-0.2, -0.15) is 18.3 Å². The first-order chi connectivity index (χ1) is 18.6. The van der Waals surface area contributed by atoms with E-state index in [1.54, 1.807) is 15.8 Å². The van der Waals surface area contributed by atoms with Crippen LogP contribution in [-0.4, -0.2) is 62.0 Å². The van der Waals surface area contributed by atoms with E-state index in [2.05, 4.69) is 48.3 Å². The van der Waals surface area contributed by atoms with Gasteiger partial charge in [-0.3, -0.25) is 19.2 Å². The van der Waals surface area contributed by atoms with Crippen molar-refractivity contribution in [3.05, 3.63) is 36.5 Å². The highest BCUT2D eigenvalue weighted by Gasteiger charge is 2.49. The van der Waals surface area contributed by atoms with Gasteiger partial charge in [-0.15, -0.1) is 0 Å². The van der Waals surface area contributed by atoms with E-state index in [-0.39, 0.29) is 29.4 Å². The van der Waals surface area contributed by atoms with Gasteiger partial charge in [-0.1, -0.05) is 22.6 Å². The Hall–Kier alpha value is -3.21. The molecule has 1 spiro atoms. The molecule has 0 aromatic carbocycles. The zero-order chi connectivity index (χ0) is 27.8. The van der Waals surface area contributed by atoms with E-state index in [4.69, 9.17) is 4.42 Å². The van der Waals surface area contributed by atoms with Gasteiger partial charge in [-0.25, -0.2) is 9.97 Å². The lowest BCUT2D eigenvalue weighted by molar-refractivity contribution is -0.128. The average molecular weight is 659 g/mol. The minimum atomic E-state index is -4.41. The second kappa shape index (κ2) is 10.7. The molecule has 3 aromatic rings. The summed E-state index contributed by atoms with van der Waals surface area (Å²) in [5, 5.41) is 19.4. The van der Waals surface area contributed by atoms with Gasteiger partial charge in [0.15, 0.2) is 11.5 Å². The molecule has 2 amide bonds. The van der Waals surface area contributed by atoms with Crippen molar-refractivity contribution in [2.24, 2.45) is 5.41 Å². The normalized spacial score (nSPS) is 21.5. The Labute approximate surface area is 234 Å². The number of amides is 2. The van der Waals surface area contributed by atoms with Crippen LogP contribution in [0.15, 0.2) is 35.2 Å². The summed E-state index contributed by atoms with van der Waals surface area (Å²) in [6.45, 7) is -0.796. The molecule has 3 N–H and O–H groups in total. The number of carbonyl (C=O) groups excluding carboxylic acids is 2. The van der Waals surface area contributed by atoms with E-state index < -0.39 is 24.0 Å². The van der Waals surface area contributed by atoms with Crippen molar-refractivity contribution < 1.29 is 32.3 Å². The first-order valence-corrected chi connectivity index (χ1v) is 13.8. The molecular formula is C24H25F3IN7O4. The number of hydrogen-bond acceptors (Lipinski definition) is 8. The molecule has 15 heteroatoms. The number of hydrogen-bond donors (Lipinski definition) is 3. The summed E-state index contributed by atoms with van der Waals surface area (Å²) in [5.41, 5.74) is 0.0848. The number of anilines is 3. The highest BCUT2D eigenvalue weighted by molar-refractivity contribution is 14.1. The number of nitrogens with zero attached hydrogens (tertiary/aromatic N) is 5. The van der Waals surface area contributed by atoms with Crippen molar-refractivity contribution in [2.75, 3.05) is 28.6 Å². The largest absolute Gasteiger partial charge is 0.444 e. The summed E-state index contributed by atoms with van der Waals surface area (Å²) in [4.78, 5) is 36.2. The molecule has 0 unspecified atom stereocenters. The van der Waals surface area contributed by atoms with Gasteiger partial charge in [0.2, 0.25) is 11.8 Å². The molecule has 1 aliphatic carbocycles. The Morgan fingerprint density at radius 3 is 2.77 bits per heavy atom. The van der Waals surface area contributed by atoms with Gasteiger partial charge in [0, 0.05) is 18.3 Å². The number of aliphatic hydroxyl groups excluding tert-OH is 1. The fourth-order valence-electron chi connectivity index (χ4n) is 4.95. The van der Waals surface area contributed by atoms with E-state index in [1.165, 1.54) is 18.3 Å². The van der Waals surface area contributed by atoms with E-state index in [0.29, 0.717) is 60.3 Å². The Balaban J connectivity index is 1.32. The molecule has 3 aromatic heterocycles. The van der Waals surface area contributed by atoms with Gasteiger partial charge >= 0.3 is 6.18 Å². The molecule has 5 rings (SSSR count). The Morgan fingerprint density at radius 2 is 2.05 bits per heavy atom. The summed E-state index contributed by atoms with van der Waals surface area (Å²) >= 11 is 2.12. The predicted molar refractivity (Wildman–Crippen MR) is 142 cm³/mol. The number of oxazole rings is 1. The van der Waals surface area contributed by atoms with E-state index in [9.17, 15) is 27.9 Å². The number of aromatic nitrogens is 4. The molecule has 0 bridgehead atoms. The van der Waals surface area contributed by atoms with Gasteiger partial charge in [0.1, 0.15) is 24.3 Å². The molecule has 4 heterocycles. The van der Waals surface area contributed by atoms with Crippen LogP contribution < -0.4 is 15.5 Å². The van der Waals surface area contributed by atoms with Crippen LogP contribution in [0.1, 0.15) is 42.6 Å². The monoisotopic (exact) mass is 659 g/mol. The first kappa shape index (κ1) is 27.4. The smallest absolute Gasteiger partial charge is 0.405 e. The highest BCUT2D eigenvalue weighted by atomic mass is 127. The summed E-state index contributed by atoms with van der Waals surface area (Å²) < 4.78 is 45.0. The zero-order valence-corrected chi connectivity index (χ0v) is 22.7. The van der Waals surface area contributed by atoms with Crippen molar-refractivity contribution >= 4 is 51.7 Å². The Morgan fingerprint density at radius 1 is 1.28 bits per heavy atom. The van der Waals surface area contributed by atoms with Crippen LogP contribution in [0.4, 0.5) is 30.5 Å². The molecule has 11 nitrogen and oxygen atoms in total. The Bertz CT molecular complexity index is 1370. The number of carbonyl (C=O) groups is 2. The second-order valence-corrected chi connectivity index (χ2v) is 10.3. The van der Waals surface area contributed by atoms with Gasteiger partial charge in [0.25, 0.3) is 5.91 Å². The minimum absolute atomic E-state index is 0.0228. The van der Waals surface area contributed by atoms with Crippen LogP contribution in [0.3, 0.4) is 0 Å². The number of halogens is 4. The third-order valence-corrected chi connectivity index (χ3v) is 7.71. The quantitative estimate of drug-likeness (QED) is 0.254. The van der Waals surface area contributed by atoms with Crippen LogP contribution in [0.5, 0.6) is 0 Å². The lowest BCUT2D eigenvalue weighted by Gasteiger charge is -2.33. The molecule has 1 saturated heterocycles. The fourth-order valence-corrected chi connectivity index (χ4v) is 5.30. The molecule has 1 saturated carbocycles. The fraction of sp³-hybridized carbons (Fsp3) is 0.458. The van der Waals surface area contributed by atoms with Gasteiger partial charge in [0.05, 0.1) is 22.3 Å². The Kier molecular flexibility index (Phi) is 7.54. The summed E-state index contributed by atoms with van der Waals surface area (Å²) in [6.07, 6.45) is 2.32. The lowest BCUT2D eigenvalue weighted by atomic mass is 9.72. The minimum Gasteiger partial charge on any atom is -0.444 e. The van der Waals surface area contributed by atoms with E-state index in [0.717, 1.165) is 6.26 Å². The number of rotatable bonds is 7. The molecular weight excluding hydrogens is 634 g/mol. The number of nitrogens with one attached hydrogen (secondary N) is 2. The van der Waals surface area contributed by atoms with Gasteiger partial charge in [-0.05, 0) is 44.2 Å². The first-order valence-electron chi connectivity index (χ1n) is 12.2. The molecule has 208 valence electrons. The van der Waals surface area contributed by atoms with Gasteiger partial charge < -0.3 is 20.2 Å². The molecule has 2 fully saturated rings. The molecule has 1 aliphatic heterocycles. The standard InChI is InChI=1S/C24H25F3IN7O4/c25-24(26,27)12-30-18-9-14(3-7-29-18)21-32-17(11-39-21)20(37)31-16-10-34(13-28)33-19(16)35-8-6-23(22(35)38)4-1-15(36)2-5-23/h3,7,9-11,15,36H,1-2,4-6,8,12-13H2,(H,29,30)(H,31,37). The van der Waals surface area contributed by atoms with Crippen molar-refractivity contribution in [3.8, 4) is 11.5 Å². The summed E-state index contributed by atoms with van der Waals surface area (Å²) in [7, 11) is 0. The topological polar surface area (TPSA) is 138 Å². The summed E-state index contributed by atoms with van der Waals surface area (Å²) in [6, 6.07) is 2.83. The van der Waals surface area contributed by atoms with E-state index in [1.807, 2.05) is 0 Å². The third-order valence-electron chi connectivity index (χ3n) is 7.01. The summed E-state index contributed by atoms with van der Waals surface area (Å²) in [5.74, 6) is -0.320. The van der Waals surface area contributed by atoms with Crippen LogP contribution in [0.2, 0.25) is 0 Å². The predicted octanol–water partition coefficient (Wildman–Crippen LogP) is 4.21. The van der Waals surface area contributed by atoms with Crippen molar-refractivity contribution in [1.29, 1.82) is 0 Å². The third kappa shape index (κ3) is 5.88. The highest BCUT2D eigenvalue weighted by Crippen LogP contribution is 2.46. The number of alkyl halides is 4. The maximum atomic E-state index is 13.5. The van der Waals surface area contributed by atoms with Crippen LogP contribution >= 0.6 is 22.6 Å². The number of aliphatic hydroxyl groups is 1. The molecule has 0 atom stereocenters. The molecule has 0 radical (unpaired) electrons. The van der Waals surface area contributed by atoms with Crippen molar-refractivity contribution in [2.45, 2.75) is 48.9 Å². The SMILES string of the molecule is O=C(Nc1cn(CI)nc1N1CCC2(CCC(O)CC2)C1=O)c1coc(-c2ccnc(NCC(F)(F)F)c2)n1. The van der Waals surface area contributed by atoms with Crippen LogP contribution in [-0.2, 0) is 9.35 Å². The van der Waals surface area contributed by atoms with Crippen molar-refractivity contribution in [3.63, 3.8) is 0 Å². The average Bonchev–Trinajstić information content (AvgIpc) is 3.63. The molecule has 2 aliphatic rings. The maximum Gasteiger partial charge on any atom is 0.405 e.